The molecule has 0 aromatic heterocycles. The number of amides is 1. The Morgan fingerprint density at radius 1 is 1.59 bits per heavy atom. The molecule has 1 aliphatic heterocycles. The van der Waals surface area contributed by atoms with Crippen LogP contribution in [0.5, 0.6) is 0 Å². The summed E-state index contributed by atoms with van der Waals surface area (Å²) in [5, 5.41) is 7.04. The number of hydrogen-bond donors (Lipinski definition) is 2. The van der Waals surface area contributed by atoms with Crippen molar-refractivity contribution >= 4 is 17.7 Å². The summed E-state index contributed by atoms with van der Waals surface area (Å²) < 4.78 is 0. The molecule has 1 amide bonds. The van der Waals surface area contributed by atoms with Crippen LogP contribution in [0.3, 0.4) is 0 Å². The molecule has 1 fully saturated rings. The van der Waals surface area contributed by atoms with Gasteiger partial charge in [-0.3, -0.25) is 4.79 Å². The van der Waals surface area contributed by atoms with Crippen molar-refractivity contribution in [2.24, 2.45) is 5.92 Å². The van der Waals surface area contributed by atoms with E-state index in [1.165, 1.54) is 12.8 Å². The molecule has 100 valence electrons. The Hall–Kier alpha value is -0.220. The molecule has 0 saturated carbocycles. The van der Waals surface area contributed by atoms with Gasteiger partial charge < -0.3 is 10.6 Å². The molecule has 0 bridgehead atoms. The lowest BCUT2D eigenvalue weighted by molar-refractivity contribution is -0.121. The molecule has 2 atom stereocenters. The van der Waals surface area contributed by atoms with Crippen LogP contribution in [0.25, 0.3) is 0 Å². The van der Waals surface area contributed by atoms with E-state index >= 15 is 0 Å². The Labute approximate surface area is 109 Å². The summed E-state index contributed by atoms with van der Waals surface area (Å²) in [7, 11) is 0. The van der Waals surface area contributed by atoms with Gasteiger partial charge in [-0.15, -0.1) is 0 Å². The Bertz CT molecular complexity index is 217. The van der Waals surface area contributed by atoms with Gasteiger partial charge in [-0.1, -0.05) is 6.92 Å². The molecule has 0 aliphatic carbocycles. The molecule has 4 heteroatoms. The molecule has 17 heavy (non-hydrogen) atoms. The highest BCUT2D eigenvalue weighted by Gasteiger charge is 2.14. The van der Waals surface area contributed by atoms with E-state index in [0.717, 1.165) is 32.5 Å². The molecule has 0 aromatic rings. The lowest BCUT2D eigenvalue weighted by Gasteiger charge is -2.22. The third-order valence-corrected chi connectivity index (χ3v) is 4.49. The molecule has 1 heterocycles. The minimum Gasteiger partial charge on any atom is -0.356 e. The molecule has 1 aliphatic rings. The first-order valence-corrected chi connectivity index (χ1v) is 8.01. The van der Waals surface area contributed by atoms with Gasteiger partial charge in [-0.25, -0.2) is 0 Å². The Morgan fingerprint density at radius 2 is 2.41 bits per heavy atom. The van der Waals surface area contributed by atoms with E-state index in [2.05, 4.69) is 23.8 Å². The van der Waals surface area contributed by atoms with E-state index < -0.39 is 0 Å². The number of piperidine rings is 1. The second-order valence-electron chi connectivity index (χ2n) is 4.94. The summed E-state index contributed by atoms with van der Waals surface area (Å²) in [6, 6.07) is 0. The fourth-order valence-corrected chi connectivity index (χ4v) is 2.48. The van der Waals surface area contributed by atoms with Gasteiger partial charge in [0.05, 0.1) is 0 Å². The van der Waals surface area contributed by atoms with E-state index in [1.54, 1.807) is 0 Å². The number of rotatable bonds is 7. The van der Waals surface area contributed by atoms with Crippen LogP contribution in [0.2, 0.25) is 0 Å². The minimum absolute atomic E-state index is 0.226. The van der Waals surface area contributed by atoms with Crippen LogP contribution in [0.15, 0.2) is 0 Å². The fourth-order valence-electron chi connectivity index (χ4n) is 2.13. The summed E-state index contributed by atoms with van der Waals surface area (Å²) in [5.74, 6) is 0.934. The number of hydrogen-bond acceptors (Lipinski definition) is 3. The number of thioether (sulfide) groups is 1. The lowest BCUT2D eigenvalue weighted by atomic mass is 9.94. The first-order chi connectivity index (χ1) is 8.22. The van der Waals surface area contributed by atoms with Crippen molar-refractivity contribution in [1.82, 2.24) is 10.6 Å². The minimum atomic E-state index is 0.226. The van der Waals surface area contributed by atoms with Crippen LogP contribution in [0.1, 0.15) is 39.0 Å². The molecular weight excluding hydrogens is 232 g/mol. The Balaban J connectivity index is 2.00. The second kappa shape index (κ2) is 8.81. The zero-order valence-electron chi connectivity index (χ0n) is 11.1. The van der Waals surface area contributed by atoms with Gasteiger partial charge in [0.2, 0.25) is 5.91 Å². The molecule has 3 nitrogen and oxygen atoms in total. The highest BCUT2D eigenvalue weighted by Crippen LogP contribution is 2.15. The van der Waals surface area contributed by atoms with Crippen molar-refractivity contribution in [3.8, 4) is 0 Å². The van der Waals surface area contributed by atoms with Gasteiger partial charge in [0, 0.05) is 18.2 Å². The van der Waals surface area contributed by atoms with Crippen LogP contribution in [-0.2, 0) is 4.79 Å². The van der Waals surface area contributed by atoms with E-state index in [-0.39, 0.29) is 5.91 Å². The predicted octanol–water partition coefficient (Wildman–Crippen LogP) is 2.02. The summed E-state index contributed by atoms with van der Waals surface area (Å²) in [6.45, 7) is 5.26. The molecular formula is C13H26N2OS. The SMILES string of the molecule is CSC(C)CCNC(=O)CCC1CCCNC1. The van der Waals surface area contributed by atoms with Gasteiger partial charge in [0.15, 0.2) is 0 Å². The molecule has 0 aromatic carbocycles. The normalized spacial score (nSPS) is 22.1. The average Bonchev–Trinajstić information content (AvgIpc) is 2.37. The van der Waals surface area contributed by atoms with Crippen molar-refractivity contribution < 1.29 is 4.79 Å². The predicted molar refractivity (Wildman–Crippen MR) is 75.4 cm³/mol. The van der Waals surface area contributed by atoms with Gasteiger partial charge in [0.25, 0.3) is 0 Å². The van der Waals surface area contributed by atoms with Crippen LogP contribution >= 0.6 is 11.8 Å². The summed E-state index contributed by atoms with van der Waals surface area (Å²) in [4.78, 5) is 11.6. The summed E-state index contributed by atoms with van der Waals surface area (Å²) in [6.07, 6.45) is 7.46. The number of nitrogens with one attached hydrogen (secondary N) is 2. The highest BCUT2D eigenvalue weighted by molar-refractivity contribution is 7.99. The first kappa shape index (κ1) is 14.8. The number of carbonyl (C=O) groups excluding carboxylic acids is 1. The third-order valence-electron chi connectivity index (χ3n) is 3.45. The number of carbonyl (C=O) groups is 1. The maximum Gasteiger partial charge on any atom is 0.220 e. The van der Waals surface area contributed by atoms with Gasteiger partial charge in [0.1, 0.15) is 0 Å². The maximum absolute atomic E-state index is 11.6. The first-order valence-electron chi connectivity index (χ1n) is 6.72. The van der Waals surface area contributed by atoms with Crippen LogP contribution in [-0.4, -0.2) is 37.0 Å². The molecule has 0 radical (unpaired) electrons. The van der Waals surface area contributed by atoms with Crippen molar-refractivity contribution in [2.75, 3.05) is 25.9 Å². The zero-order valence-corrected chi connectivity index (χ0v) is 11.9. The van der Waals surface area contributed by atoms with Crippen LogP contribution < -0.4 is 10.6 Å². The van der Waals surface area contributed by atoms with Crippen molar-refractivity contribution in [3.05, 3.63) is 0 Å². The maximum atomic E-state index is 11.6. The Morgan fingerprint density at radius 3 is 3.06 bits per heavy atom. The third kappa shape index (κ3) is 6.94. The van der Waals surface area contributed by atoms with E-state index in [9.17, 15) is 4.79 Å². The van der Waals surface area contributed by atoms with Crippen molar-refractivity contribution in [2.45, 2.75) is 44.3 Å². The van der Waals surface area contributed by atoms with Gasteiger partial charge >= 0.3 is 0 Å². The van der Waals surface area contributed by atoms with E-state index in [1.807, 2.05) is 11.8 Å². The molecule has 2 unspecified atom stereocenters. The molecule has 0 spiro atoms. The topological polar surface area (TPSA) is 41.1 Å². The largest absolute Gasteiger partial charge is 0.356 e. The lowest BCUT2D eigenvalue weighted by Crippen LogP contribution is -2.31. The van der Waals surface area contributed by atoms with E-state index in [4.69, 9.17) is 0 Å². The zero-order chi connectivity index (χ0) is 12.5. The van der Waals surface area contributed by atoms with Gasteiger partial charge in [-0.05, 0) is 50.9 Å². The monoisotopic (exact) mass is 258 g/mol. The van der Waals surface area contributed by atoms with Crippen LogP contribution in [0, 0.1) is 5.92 Å². The van der Waals surface area contributed by atoms with Gasteiger partial charge in [-0.2, -0.15) is 11.8 Å². The smallest absolute Gasteiger partial charge is 0.220 e. The van der Waals surface area contributed by atoms with Crippen molar-refractivity contribution in [1.29, 1.82) is 0 Å². The molecule has 2 N–H and O–H groups in total. The van der Waals surface area contributed by atoms with Crippen molar-refractivity contribution in [3.63, 3.8) is 0 Å². The average molecular weight is 258 g/mol. The molecule has 1 saturated heterocycles. The fraction of sp³-hybridized carbons (Fsp3) is 0.923. The quantitative estimate of drug-likeness (QED) is 0.734. The molecule has 1 rings (SSSR count). The summed E-state index contributed by atoms with van der Waals surface area (Å²) >= 11 is 1.85. The summed E-state index contributed by atoms with van der Waals surface area (Å²) in [5.41, 5.74) is 0. The second-order valence-corrected chi connectivity index (χ2v) is 6.21. The highest BCUT2D eigenvalue weighted by atomic mass is 32.2. The Kier molecular flexibility index (Phi) is 7.69. The van der Waals surface area contributed by atoms with Crippen LogP contribution in [0.4, 0.5) is 0 Å². The van der Waals surface area contributed by atoms with E-state index in [0.29, 0.717) is 17.6 Å². The standard InChI is InChI=1S/C13H26N2OS/c1-11(17-2)7-9-15-13(16)6-5-12-4-3-8-14-10-12/h11-12,14H,3-10H2,1-2H3,(H,15,16).